The third-order valence-corrected chi connectivity index (χ3v) is 3.19. The van der Waals surface area contributed by atoms with Crippen LogP contribution in [0.4, 0.5) is 5.69 Å². The van der Waals surface area contributed by atoms with Crippen LogP contribution in [0.15, 0.2) is 55.6 Å². The number of nitrogens with zero attached hydrogens (tertiary/aromatic N) is 1. The molecule has 0 saturated heterocycles. The van der Waals surface area contributed by atoms with Crippen molar-refractivity contribution in [1.29, 1.82) is 5.26 Å². The van der Waals surface area contributed by atoms with Gasteiger partial charge in [0.15, 0.2) is 0 Å². The van der Waals surface area contributed by atoms with Crippen molar-refractivity contribution in [3.05, 3.63) is 77.3 Å². The van der Waals surface area contributed by atoms with Crippen molar-refractivity contribution in [3.63, 3.8) is 0 Å². The van der Waals surface area contributed by atoms with Crippen molar-refractivity contribution in [2.75, 3.05) is 5.32 Å². The summed E-state index contributed by atoms with van der Waals surface area (Å²) in [6.07, 6.45) is 0. The molecule has 104 valence electrons. The molecule has 0 spiro atoms. The van der Waals surface area contributed by atoms with Crippen LogP contribution in [0.2, 0.25) is 5.02 Å². The number of nitriles is 1. The molecule has 0 radical (unpaired) electrons. The number of nitrogens with one attached hydrogen (secondary N) is 1. The van der Waals surface area contributed by atoms with E-state index in [1.165, 1.54) is 0 Å². The van der Waals surface area contributed by atoms with Crippen molar-refractivity contribution < 1.29 is 5.11 Å². The summed E-state index contributed by atoms with van der Waals surface area (Å²) in [5.74, 6) is -0.0369. The molecule has 0 aromatic heterocycles. The van der Waals surface area contributed by atoms with Gasteiger partial charge < -0.3 is 10.4 Å². The first-order valence-electron chi connectivity index (χ1n) is 6.16. The van der Waals surface area contributed by atoms with Crippen LogP contribution in [-0.2, 0) is 0 Å². The monoisotopic (exact) mass is 296 g/mol. The maximum Gasteiger partial charge on any atom is 0.116 e. The molecule has 2 N–H and O–H groups in total. The van der Waals surface area contributed by atoms with E-state index >= 15 is 0 Å². The zero-order chi connectivity index (χ0) is 15.4. The number of aliphatic hydroxyl groups excluding tert-OH is 1. The zero-order valence-electron chi connectivity index (χ0n) is 11.2. The van der Waals surface area contributed by atoms with Crippen LogP contribution in [0.25, 0.3) is 11.5 Å². The number of aliphatic hydroxyl groups is 1. The fraction of sp³-hybridized carbons (Fsp3) is 0. The minimum atomic E-state index is -0.0369. The smallest absolute Gasteiger partial charge is 0.116 e. The van der Waals surface area contributed by atoms with Gasteiger partial charge in [-0.05, 0) is 18.2 Å². The Bertz CT molecular complexity index is 760. The van der Waals surface area contributed by atoms with Crippen LogP contribution in [0.5, 0.6) is 0 Å². The second-order valence-electron chi connectivity index (χ2n) is 4.40. The van der Waals surface area contributed by atoms with Crippen LogP contribution in [0.1, 0.15) is 16.7 Å². The lowest BCUT2D eigenvalue weighted by Crippen LogP contribution is -2.02. The first-order chi connectivity index (χ1) is 10.0. The Morgan fingerprint density at radius 1 is 1.14 bits per heavy atom. The summed E-state index contributed by atoms with van der Waals surface area (Å²) in [4.78, 5) is 0. The van der Waals surface area contributed by atoms with E-state index < -0.39 is 0 Å². The van der Waals surface area contributed by atoms with Gasteiger partial charge in [0.2, 0.25) is 0 Å². The van der Waals surface area contributed by atoms with Gasteiger partial charge in [0.25, 0.3) is 0 Å². The first kappa shape index (κ1) is 14.7. The van der Waals surface area contributed by atoms with Crippen molar-refractivity contribution in [3.8, 4) is 6.07 Å². The highest BCUT2D eigenvalue weighted by molar-refractivity contribution is 6.30. The Morgan fingerprint density at radius 2 is 1.81 bits per heavy atom. The summed E-state index contributed by atoms with van der Waals surface area (Å²) < 4.78 is 0. The van der Waals surface area contributed by atoms with Crippen molar-refractivity contribution >= 4 is 28.7 Å². The molecular formula is C17H13ClN2O. The van der Waals surface area contributed by atoms with E-state index in [0.29, 0.717) is 33.1 Å². The van der Waals surface area contributed by atoms with E-state index in [1.807, 2.05) is 12.1 Å². The summed E-state index contributed by atoms with van der Waals surface area (Å²) >= 11 is 5.87. The van der Waals surface area contributed by atoms with E-state index in [9.17, 15) is 5.11 Å². The predicted molar refractivity (Wildman–Crippen MR) is 86.9 cm³/mol. The maximum atomic E-state index is 9.62. The largest absolute Gasteiger partial charge is 0.508 e. The van der Waals surface area contributed by atoms with E-state index in [0.717, 1.165) is 0 Å². The molecule has 21 heavy (non-hydrogen) atoms. The summed E-state index contributed by atoms with van der Waals surface area (Å²) in [6.45, 7) is 7.49. The van der Waals surface area contributed by atoms with E-state index in [4.69, 9.17) is 16.9 Å². The normalized spacial score (nSPS) is 9.71. The summed E-state index contributed by atoms with van der Waals surface area (Å²) in [7, 11) is 0. The number of halogens is 1. The predicted octanol–water partition coefficient (Wildman–Crippen LogP) is 4.82. The molecule has 0 amide bonds. The SMILES string of the molecule is C=C(O)c1ccccc1C(=C)Nc1ccc(Cl)cc1C#N. The van der Waals surface area contributed by atoms with Crippen molar-refractivity contribution in [1.82, 2.24) is 0 Å². The second kappa shape index (κ2) is 6.17. The van der Waals surface area contributed by atoms with Gasteiger partial charge in [-0.15, -0.1) is 0 Å². The van der Waals surface area contributed by atoms with Gasteiger partial charge in [0, 0.05) is 21.8 Å². The highest BCUT2D eigenvalue weighted by Gasteiger charge is 2.10. The van der Waals surface area contributed by atoms with Gasteiger partial charge in [0.05, 0.1) is 11.3 Å². The Balaban J connectivity index is 2.36. The molecule has 0 heterocycles. The van der Waals surface area contributed by atoms with Gasteiger partial charge in [-0.1, -0.05) is 49.0 Å². The fourth-order valence-electron chi connectivity index (χ4n) is 1.95. The van der Waals surface area contributed by atoms with E-state index in [-0.39, 0.29) is 5.76 Å². The van der Waals surface area contributed by atoms with Crippen molar-refractivity contribution in [2.45, 2.75) is 0 Å². The molecule has 0 fully saturated rings. The van der Waals surface area contributed by atoms with Gasteiger partial charge >= 0.3 is 0 Å². The molecule has 2 aromatic rings. The standard InChI is InChI=1S/C17H13ClN2O/c1-11(15-5-3-4-6-16(15)12(2)21)20-17-8-7-14(18)9-13(17)10-19/h3-9,20-21H,1-2H2. The van der Waals surface area contributed by atoms with Gasteiger partial charge in [-0.3, -0.25) is 0 Å². The highest BCUT2D eigenvalue weighted by Crippen LogP contribution is 2.26. The molecule has 4 heteroatoms. The molecule has 2 aromatic carbocycles. The number of rotatable bonds is 4. The Labute approximate surface area is 128 Å². The fourth-order valence-corrected chi connectivity index (χ4v) is 2.12. The van der Waals surface area contributed by atoms with Crippen LogP contribution >= 0.6 is 11.6 Å². The molecular weight excluding hydrogens is 284 g/mol. The summed E-state index contributed by atoms with van der Waals surface area (Å²) in [5, 5.41) is 22.3. The lowest BCUT2D eigenvalue weighted by Gasteiger charge is -2.14. The number of hydrogen-bond acceptors (Lipinski definition) is 3. The topological polar surface area (TPSA) is 56.0 Å². The molecule has 0 atom stereocenters. The average Bonchev–Trinajstić information content (AvgIpc) is 2.48. The molecule has 0 unspecified atom stereocenters. The number of hydrogen-bond donors (Lipinski definition) is 2. The van der Waals surface area contributed by atoms with Gasteiger partial charge in [0.1, 0.15) is 11.8 Å². The zero-order valence-corrected chi connectivity index (χ0v) is 12.0. The molecule has 3 nitrogen and oxygen atoms in total. The summed E-state index contributed by atoms with van der Waals surface area (Å²) in [5.41, 5.74) is 2.88. The Hall–Kier alpha value is -2.70. The van der Waals surface area contributed by atoms with Gasteiger partial charge in [-0.25, -0.2) is 0 Å². The number of benzene rings is 2. The third-order valence-electron chi connectivity index (χ3n) is 2.95. The van der Waals surface area contributed by atoms with Crippen LogP contribution < -0.4 is 5.32 Å². The van der Waals surface area contributed by atoms with Crippen LogP contribution in [0, 0.1) is 11.3 Å². The minimum absolute atomic E-state index is 0.0369. The van der Waals surface area contributed by atoms with E-state index in [2.05, 4.69) is 24.5 Å². The highest BCUT2D eigenvalue weighted by atomic mass is 35.5. The molecule has 0 aliphatic heterocycles. The molecule has 0 aliphatic rings. The lowest BCUT2D eigenvalue weighted by molar-refractivity contribution is 0.513. The first-order valence-corrected chi connectivity index (χ1v) is 6.54. The summed E-state index contributed by atoms with van der Waals surface area (Å²) in [6, 6.07) is 14.3. The minimum Gasteiger partial charge on any atom is -0.508 e. The quantitative estimate of drug-likeness (QED) is 0.795. The van der Waals surface area contributed by atoms with Crippen molar-refractivity contribution in [2.24, 2.45) is 0 Å². The Morgan fingerprint density at radius 3 is 2.43 bits per heavy atom. The van der Waals surface area contributed by atoms with Crippen LogP contribution in [0.3, 0.4) is 0 Å². The molecule has 0 bridgehead atoms. The lowest BCUT2D eigenvalue weighted by atomic mass is 10.0. The maximum absolute atomic E-state index is 9.62. The van der Waals surface area contributed by atoms with Crippen LogP contribution in [-0.4, -0.2) is 5.11 Å². The third kappa shape index (κ3) is 3.25. The molecule has 2 rings (SSSR count). The van der Waals surface area contributed by atoms with Gasteiger partial charge in [-0.2, -0.15) is 5.26 Å². The Kier molecular flexibility index (Phi) is 4.32. The second-order valence-corrected chi connectivity index (χ2v) is 4.83. The molecule has 0 saturated carbocycles. The average molecular weight is 297 g/mol. The number of anilines is 1. The molecule has 0 aliphatic carbocycles. The van der Waals surface area contributed by atoms with E-state index in [1.54, 1.807) is 30.3 Å².